The molecule has 0 heterocycles. The van der Waals surface area contributed by atoms with Crippen LogP contribution >= 0.6 is 11.6 Å². The molecule has 12 nitrogen and oxygen atoms in total. The lowest BCUT2D eigenvalue weighted by Gasteiger charge is -2.29. The average molecular weight is 618 g/mol. The lowest BCUT2D eigenvalue weighted by Crippen LogP contribution is -2.55. The lowest BCUT2D eigenvalue weighted by molar-refractivity contribution is -0.139. The maximum atomic E-state index is 13.1. The molecule has 2 rings (SSSR count). The molecular weight excluding hydrogens is 578 g/mol. The first-order valence-electron chi connectivity index (χ1n) is 13.8. The Kier molecular flexibility index (Phi) is 12.8. The minimum Gasteiger partial charge on any atom is -0.508 e. The molecule has 3 atom stereocenters. The van der Waals surface area contributed by atoms with Gasteiger partial charge in [-0.15, -0.1) is 0 Å². The van der Waals surface area contributed by atoms with E-state index >= 15 is 0 Å². The van der Waals surface area contributed by atoms with Gasteiger partial charge in [0, 0.05) is 24.4 Å². The number of hydrogen-bond acceptors (Lipinski definition) is 7. The minimum absolute atomic E-state index is 0.0398. The van der Waals surface area contributed by atoms with Crippen molar-refractivity contribution < 1.29 is 33.8 Å². The average Bonchev–Trinajstić information content (AvgIpc) is 2.91. The van der Waals surface area contributed by atoms with Crippen LogP contribution < -0.4 is 21.7 Å². The second-order valence-corrected chi connectivity index (χ2v) is 11.4. The van der Waals surface area contributed by atoms with Gasteiger partial charge in [0.2, 0.25) is 23.6 Å². The monoisotopic (exact) mass is 617 g/mol. The highest BCUT2D eigenvalue weighted by atomic mass is 35.5. The zero-order valence-corrected chi connectivity index (χ0v) is 25.7. The van der Waals surface area contributed by atoms with Crippen LogP contribution in [-0.4, -0.2) is 76.5 Å². The number of ether oxygens (including phenoxy) is 1. The molecule has 234 valence electrons. The number of nitrogens with zero attached hydrogens (tertiary/aromatic N) is 1. The Morgan fingerprint density at radius 3 is 2.19 bits per heavy atom. The molecule has 0 aliphatic heterocycles. The second-order valence-electron chi connectivity index (χ2n) is 10.9. The molecule has 2 aromatic carbocycles. The van der Waals surface area contributed by atoms with Crippen LogP contribution in [0.3, 0.4) is 0 Å². The van der Waals surface area contributed by atoms with E-state index in [2.05, 4.69) is 16.0 Å². The van der Waals surface area contributed by atoms with Gasteiger partial charge >= 0.3 is 6.09 Å². The van der Waals surface area contributed by atoms with Crippen LogP contribution in [0.2, 0.25) is 5.02 Å². The summed E-state index contributed by atoms with van der Waals surface area (Å²) < 4.78 is 5.27. The van der Waals surface area contributed by atoms with Crippen LogP contribution in [0, 0.1) is 0 Å². The van der Waals surface area contributed by atoms with E-state index in [0.29, 0.717) is 16.1 Å². The SMILES string of the molecule is CCN(C(=O)CNC(=O)[C@@H](C)NC(=O)[C@H](Cc1ccc(O)cc1)NC(=O)OC(C)(C)C)[C@@H](Cc1cccc(Cl)c1)C(N)=O. The Bertz CT molecular complexity index is 1300. The molecule has 0 aliphatic rings. The van der Waals surface area contributed by atoms with Crippen molar-refractivity contribution in [1.29, 1.82) is 0 Å². The Balaban J connectivity index is 2.05. The van der Waals surface area contributed by atoms with Crippen molar-refractivity contribution in [3.05, 3.63) is 64.7 Å². The number of carbonyl (C=O) groups excluding carboxylic acids is 5. The first-order chi connectivity index (χ1) is 20.1. The number of aromatic hydroxyl groups is 1. The number of nitrogens with one attached hydrogen (secondary N) is 3. The first kappa shape index (κ1) is 34.9. The van der Waals surface area contributed by atoms with Crippen molar-refractivity contribution in [2.75, 3.05) is 13.1 Å². The Morgan fingerprint density at radius 1 is 0.977 bits per heavy atom. The predicted molar refractivity (Wildman–Crippen MR) is 161 cm³/mol. The molecule has 0 aromatic heterocycles. The van der Waals surface area contributed by atoms with Gasteiger partial charge in [0.05, 0.1) is 6.54 Å². The summed E-state index contributed by atoms with van der Waals surface area (Å²) in [4.78, 5) is 64.9. The van der Waals surface area contributed by atoms with Gasteiger partial charge in [-0.2, -0.15) is 0 Å². The van der Waals surface area contributed by atoms with Crippen molar-refractivity contribution in [3.8, 4) is 5.75 Å². The molecule has 13 heteroatoms. The number of phenolic OH excluding ortho intramolecular Hbond substituents is 1. The number of benzene rings is 2. The third-order valence-corrected chi connectivity index (χ3v) is 6.47. The first-order valence-corrected chi connectivity index (χ1v) is 14.2. The van der Waals surface area contributed by atoms with Gasteiger partial charge in [-0.25, -0.2) is 4.79 Å². The molecule has 6 N–H and O–H groups in total. The van der Waals surface area contributed by atoms with Crippen molar-refractivity contribution >= 4 is 41.3 Å². The number of phenols is 1. The van der Waals surface area contributed by atoms with Crippen LogP contribution in [0.15, 0.2) is 48.5 Å². The largest absolute Gasteiger partial charge is 0.508 e. The highest BCUT2D eigenvalue weighted by Gasteiger charge is 2.30. The number of amides is 5. The minimum atomic E-state index is -1.12. The van der Waals surface area contributed by atoms with Gasteiger partial charge in [0.15, 0.2) is 0 Å². The number of halogens is 1. The van der Waals surface area contributed by atoms with Crippen LogP contribution in [0.25, 0.3) is 0 Å². The molecule has 0 bridgehead atoms. The summed E-state index contributed by atoms with van der Waals surface area (Å²) in [7, 11) is 0. The molecule has 0 unspecified atom stereocenters. The zero-order chi connectivity index (χ0) is 32.3. The lowest BCUT2D eigenvalue weighted by atomic mass is 10.0. The van der Waals surface area contributed by atoms with Crippen molar-refractivity contribution in [2.24, 2.45) is 5.73 Å². The summed E-state index contributed by atoms with van der Waals surface area (Å²) in [5.74, 6) is -2.54. The summed E-state index contributed by atoms with van der Waals surface area (Å²) in [6, 6.07) is 9.76. The van der Waals surface area contributed by atoms with E-state index in [1.807, 2.05) is 0 Å². The highest BCUT2D eigenvalue weighted by molar-refractivity contribution is 6.30. The van der Waals surface area contributed by atoms with Crippen LogP contribution in [0.1, 0.15) is 45.7 Å². The summed E-state index contributed by atoms with van der Waals surface area (Å²) in [6.07, 6.45) is -0.635. The number of likely N-dealkylation sites (N-methyl/N-ethyl adjacent to an activating group) is 1. The van der Waals surface area contributed by atoms with Gasteiger partial charge in [-0.05, 0) is 70.0 Å². The summed E-state index contributed by atoms with van der Waals surface area (Å²) >= 11 is 6.04. The third kappa shape index (κ3) is 11.8. The Hall–Kier alpha value is -4.32. The number of alkyl carbamates (subject to hydrolysis) is 1. The summed E-state index contributed by atoms with van der Waals surface area (Å²) in [5.41, 5.74) is 6.14. The summed E-state index contributed by atoms with van der Waals surface area (Å²) in [5, 5.41) is 17.6. The topological polar surface area (TPSA) is 180 Å². The maximum Gasteiger partial charge on any atom is 0.408 e. The summed E-state index contributed by atoms with van der Waals surface area (Å²) in [6.45, 7) is 7.85. The number of primary amides is 1. The number of rotatable bonds is 13. The third-order valence-electron chi connectivity index (χ3n) is 6.23. The van der Waals surface area contributed by atoms with Gasteiger partial charge in [-0.1, -0.05) is 35.9 Å². The van der Waals surface area contributed by atoms with Crippen LogP contribution in [-0.2, 0) is 36.8 Å². The molecule has 43 heavy (non-hydrogen) atoms. The quantitative estimate of drug-likeness (QED) is 0.228. The smallest absolute Gasteiger partial charge is 0.408 e. The van der Waals surface area contributed by atoms with E-state index in [0.717, 1.165) is 0 Å². The molecule has 0 saturated heterocycles. The molecule has 5 amide bonds. The maximum absolute atomic E-state index is 13.1. The van der Waals surface area contributed by atoms with Gasteiger partial charge in [0.25, 0.3) is 0 Å². The van der Waals surface area contributed by atoms with Crippen molar-refractivity contribution in [2.45, 2.75) is 71.2 Å². The highest BCUT2D eigenvalue weighted by Crippen LogP contribution is 2.15. The molecular formula is C30H40ClN5O7. The van der Waals surface area contributed by atoms with E-state index < -0.39 is 60.0 Å². The number of hydrogen-bond donors (Lipinski definition) is 5. The Morgan fingerprint density at radius 2 is 1.63 bits per heavy atom. The fourth-order valence-corrected chi connectivity index (χ4v) is 4.36. The fraction of sp³-hybridized carbons (Fsp3) is 0.433. The van der Waals surface area contributed by atoms with E-state index in [1.54, 1.807) is 64.1 Å². The number of nitrogens with two attached hydrogens (primary N) is 1. The fourth-order valence-electron chi connectivity index (χ4n) is 4.15. The van der Waals surface area contributed by atoms with Gasteiger partial charge < -0.3 is 36.4 Å². The van der Waals surface area contributed by atoms with E-state index in [-0.39, 0.29) is 25.1 Å². The molecule has 2 aromatic rings. The van der Waals surface area contributed by atoms with E-state index in [9.17, 15) is 29.1 Å². The second kappa shape index (κ2) is 15.8. The standard InChI is InChI=1S/C30H40ClN5O7/c1-6-36(24(26(32)39)16-20-8-7-9-21(31)14-20)25(38)17-33-27(40)18(2)34-28(41)23(35-29(42)43-30(3,4)5)15-19-10-12-22(37)13-11-19/h7-14,18,23-24,37H,6,15-17H2,1-5H3,(H2,32,39)(H,33,40)(H,34,41)(H,35,42)/t18-,23+,24+/m1/s1. The molecule has 0 spiro atoms. The van der Waals surface area contributed by atoms with E-state index in [4.69, 9.17) is 22.1 Å². The van der Waals surface area contributed by atoms with Gasteiger partial charge in [-0.3, -0.25) is 19.2 Å². The molecule has 0 radical (unpaired) electrons. The Labute approximate surface area is 256 Å². The number of carbonyl (C=O) groups is 5. The van der Waals surface area contributed by atoms with Crippen LogP contribution in [0.5, 0.6) is 5.75 Å². The van der Waals surface area contributed by atoms with Crippen molar-refractivity contribution in [1.82, 2.24) is 20.9 Å². The van der Waals surface area contributed by atoms with Crippen LogP contribution in [0.4, 0.5) is 4.79 Å². The van der Waals surface area contributed by atoms with E-state index in [1.165, 1.54) is 24.0 Å². The zero-order valence-electron chi connectivity index (χ0n) is 25.0. The molecule has 0 saturated carbocycles. The molecule has 0 aliphatic carbocycles. The van der Waals surface area contributed by atoms with Crippen molar-refractivity contribution in [3.63, 3.8) is 0 Å². The normalized spacial score (nSPS) is 13.2. The van der Waals surface area contributed by atoms with Gasteiger partial charge in [0.1, 0.15) is 29.5 Å². The predicted octanol–water partition coefficient (Wildman–Crippen LogP) is 2.05. The molecule has 0 fully saturated rings.